The molecular weight excluding hydrogens is 240 g/mol. The van der Waals surface area contributed by atoms with E-state index in [1.807, 2.05) is 45.0 Å². The molecule has 2 heterocycles. The Labute approximate surface area is 110 Å². The summed E-state index contributed by atoms with van der Waals surface area (Å²) in [5.74, 6) is 0.561. The van der Waals surface area contributed by atoms with Gasteiger partial charge in [-0.2, -0.15) is 0 Å². The van der Waals surface area contributed by atoms with Crippen molar-refractivity contribution in [2.45, 2.75) is 20.8 Å². The summed E-state index contributed by atoms with van der Waals surface area (Å²) in [4.78, 5) is 12.1. The standard InChI is InChI=1S/C16H14O3/c1-9-4-5-12-11(3)15(14-7-10(2)8-18-14)16(17)19-13(12)6-9/h4-8H,1-3H3. The second-order valence-electron chi connectivity index (χ2n) is 4.88. The molecule has 1 aromatic carbocycles. The van der Waals surface area contributed by atoms with Crippen LogP contribution in [-0.4, -0.2) is 0 Å². The monoisotopic (exact) mass is 254 g/mol. The number of benzene rings is 1. The minimum Gasteiger partial charge on any atom is -0.464 e. The van der Waals surface area contributed by atoms with Gasteiger partial charge in [0.25, 0.3) is 0 Å². The number of aryl methyl sites for hydroxylation is 3. The minimum atomic E-state index is -0.357. The van der Waals surface area contributed by atoms with Crippen LogP contribution < -0.4 is 5.63 Å². The average Bonchev–Trinajstić information content (AvgIpc) is 2.75. The Bertz CT molecular complexity index is 822. The predicted molar refractivity (Wildman–Crippen MR) is 74.4 cm³/mol. The van der Waals surface area contributed by atoms with Crippen LogP contribution in [0.25, 0.3) is 22.3 Å². The number of fused-ring (bicyclic) bond motifs is 1. The van der Waals surface area contributed by atoms with Gasteiger partial charge in [0.1, 0.15) is 16.9 Å². The van der Waals surface area contributed by atoms with E-state index in [1.165, 1.54) is 0 Å². The van der Waals surface area contributed by atoms with E-state index in [9.17, 15) is 4.79 Å². The normalized spacial score (nSPS) is 11.1. The summed E-state index contributed by atoms with van der Waals surface area (Å²) in [6.45, 7) is 5.81. The molecule has 0 radical (unpaired) electrons. The van der Waals surface area contributed by atoms with Crippen molar-refractivity contribution in [1.82, 2.24) is 0 Å². The van der Waals surface area contributed by atoms with E-state index in [1.54, 1.807) is 6.26 Å². The maximum Gasteiger partial charge on any atom is 0.347 e. The Balaban J connectivity index is 2.38. The van der Waals surface area contributed by atoms with E-state index in [-0.39, 0.29) is 5.63 Å². The van der Waals surface area contributed by atoms with Crippen LogP contribution in [0.4, 0.5) is 0 Å². The maximum absolute atomic E-state index is 12.1. The molecule has 0 aliphatic rings. The van der Waals surface area contributed by atoms with Crippen molar-refractivity contribution in [2.75, 3.05) is 0 Å². The summed E-state index contributed by atoms with van der Waals surface area (Å²) in [6.07, 6.45) is 1.63. The summed E-state index contributed by atoms with van der Waals surface area (Å²) >= 11 is 0. The second-order valence-corrected chi connectivity index (χ2v) is 4.88. The molecule has 0 bridgehead atoms. The summed E-state index contributed by atoms with van der Waals surface area (Å²) in [7, 11) is 0. The fourth-order valence-electron chi connectivity index (χ4n) is 2.31. The van der Waals surface area contributed by atoms with Gasteiger partial charge in [0.15, 0.2) is 0 Å². The SMILES string of the molecule is Cc1coc(-c2c(C)c3ccc(C)cc3oc2=O)c1. The molecule has 3 nitrogen and oxygen atoms in total. The third-order valence-electron chi connectivity index (χ3n) is 3.30. The first-order chi connectivity index (χ1) is 9.06. The summed E-state index contributed by atoms with van der Waals surface area (Å²) in [5, 5.41) is 0.939. The van der Waals surface area contributed by atoms with Gasteiger partial charge in [-0.25, -0.2) is 4.79 Å². The molecule has 0 amide bonds. The Morgan fingerprint density at radius 2 is 1.79 bits per heavy atom. The molecule has 0 saturated heterocycles. The average molecular weight is 254 g/mol. The van der Waals surface area contributed by atoms with E-state index in [4.69, 9.17) is 8.83 Å². The van der Waals surface area contributed by atoms with Gasteiger partial charge < -0.3 is 8.83 Å². The molecule has 0 fully saturated rings. The molecule has 0 aliphatic carbocycles. The first kappa shape index (κ1) is 11.8. The molecule has 0 N–H and O–H groups in total. The third-order valence-corrected chi connectivity index (χ3v) is 3.30. The number of furan rings is 1. The third kappa shape index (κ3) is 1.87. The molecule has 3 rings (SSSR count). The van der Waals surface area contributed by atoms with Gasteiger partial charge in [0.05, 0.1) is 6.26 Å². The zero-order valence-corrected chi connectivity index (χ0v) is 11.1. The molecule has 3 heteroatoms. The maximum atomic E-state index is 12.1. The minimum absolute atomic E-state index is 0.357. The first-order valence-corrected chi connectivity index (χ1v) is 6.16. The Morgan fingerprint density at radius 3 is 2.47 bits per heavy atom. The van der Waals surface area contributed by atoms with Crippen LogP contribution in [0.15, 0.2) is 44.2 Å². The van der Waals surface area contributed by atoms with E-state index >= 15 is 0 Å². The lowest BCUT2D eigenvalue weighted by Crippen LogP contribution is -2.05. The molecule has 0 atom stereocenters. The molecule has 0 saturated carbocycles. The molecule has 0 spiro atoms. The van der Waals surface area contributed by atoms with Crippen LogP contribution in [0.1, 0.15) is 16.7 Å². The zero-order chi connectivity index (χ0) is 13.6. The van der Waals surface area contributed by atoms with E-state index in [0.717, 1.165) is 22.1 Å². The lowest BCUT2D eigenvalue weighted by molar-refractivity contribution is 0.545. The van der Waals surface area contributed by atoms with E-state index < -0.39 is 0 Å². The van der Waals surface area contributed by atoms with Crippen molar-refractivity contribution < 1.29 is 8.83 Å². The van der Waals surface area contributed by atoms with Gasteiger partial charge in [-0.15, -0.1) is 0 Å². The molecule has 3 aromatic rings. The van der Waals surface area contributed by atoms with Crippen molar-refractivity contribution in [1.29, 1.82) is 0 Å². The molecule has 0 aliphatic heterocycles. The smallest absolute Gasteiger partial charge is 0.347 e. The van der Waals surface area contributed by atoms with Crippen molar-refractivity contribution in [3.05, 3.63) is 57.6 Å². The Morgan fingerprint density at radius 1 is 1.00 bits per heavy atom. The van der Waals surface area contributed by atoms with Crippen LogP contribution in [0.3, 0.4) is 0 Å². The van der Waals surface area contributed by atoms with E-state index in [0.29, 0.717) is 16.9 Å². The van der Waals surface area contributed by atoms with Crippen molar-refractivity contribution in [2.24, 2.45) is 0 Å². The molecule has 19 heavy (non-hydrogen) atoms. The number of rotatable bonds is 1. The highest BCUT2D eigenvalue weighted by atomic mass is 16.4. The lowest BCUT2D eigenvalue weighted by Gasteiger charge is -2.06. The zero-order valence-electron chi connectivity index (χ0n) is 11.1. The van der Waals surface area contributed by atoms with Gasteiger partial charge in [0, 0.05) is 5.39 Å². The van der Waals surface area contributed by atoms with Crippen molar-refractivity contribution in [3.63, 3.8) is 0 Å². The lowest BCUT2D eigenvalue weighted by atomic mass is 10.0. The van der Waals surface area contributed by atoms with Gasteiger partial charge in [-0.05, 0) is 49.6 Å². The quantitative estimate of drug-likeness (QED) is 0.617. The largest absolute Gasteiger partial charge is 0.464 e. The van der Waals surface area contributed by atoms with Crippen LogP contribution in [0, 0.1) is 20.8 Å². The number of hydrogen-bond donors (Lipinski definition) is 0. The van der Waals surface area contributed by atoms with Crippen LogP contribution >= 0.6 is 0 Å². The van der Waals surface area contributed by atoms with E-state index in [2.05, 4.69) is 0 Å². The fraction of sp³-hybridized carbons (Fsp3) is 0.188. The highest BCUT2D eigenvalue weighted by Gasteiger charge is 2.15. The molecule has 0 unspecified atom stereocenters. The second kappa shape index (κ2) is 4.12. The number of hydrogen-bond acceptors (Lipinski definition) is 3. The van der Waals surface area contributed by atoms with Gasteiger partial charge >= 0.3 is 5.63 Å². The molecule has 96 valence electrons. The van der Waals surface area contributed by atoms with Gasteiger partial charge in [-0.1, -0.05) is 12.1 Å². The Hall–Kier alpha value is -2.29. The van der Waals surface area contributed by atoms with Crippen LogP contribution in [-0.2, 0) is 0 Å². The molecule has 2 aromatic heterocycles. The molecular formula is C16H14O3. The summed E-state index contributed by atoms with van der Waals surface area (Å²) < 4.78 is 10.8. The van der Waals surface area contributed by atoms with Gasteiger partial charge in [0.2, 0.25) is 0 Å². The van der Waals surface area contributed by atoms with Gasteiger partial charge in [-0.3, -0.25) is 0 Å². The van der Waals surface area contributed by atoms with Crippen molar-refractivity contribution in [3.8, 4) is 11.3 Å². The summed E-state index contributed by atoms with van der Waals surface area (Å²) in [6, 6.07) is 7.70. The summed E-state index contributed by atoms with van der Waals surface area (Å²) in [5.41, 5.74) is 3.71. The first-order valence-electron chi connectivity index (χ1n) is 6.16. The fourth-order valence-corrected chi connectivity index (χ4v) is 2.31. The predicted octanol–water partition coefficient (Wildman–Crippen LogP) is 3.98. The Kier molecular flexibility index (Phi) is 2.56. The van der Waals surface area contributed by atoms with Crippen LogP contribution in [0.5, 0.6) is 0 Å². The topological polar surface area (TPSA) is 43.4 Å². The van der Waals surface area contributed by atoms with Crippen LogP contribution in [0.2, 0.25) is 0 Å². The highest BCUT2D eigenvalue weighted by Crippen LogP contribution is 2.28. The highest BCUT2D eigenvalue weighted by molar-refractivity contribution is 5.86. The van der Waals surface area contributed by atoms with Crippen molar-refractivity contribution >= 4 is 11.0 Å².